The van der Waals surface area contributed by atoms with Crippen LogP contribution >= 0.6 is 11.8 Å². The lowest BCUT2D eigenvalue weighted by Crippen LogP contribution is -2.36. The highest BCUT2D eigenvalue weighted by atomic mass is 32.2. The van der Waals surface area contributed by atoms with Crippen LogP contribution in [0, 0.1) is 11.6 Å². The molecule has 7 nitrogen and oxygen atoms in total. The number of halogens is 2. The molecule has 0 radical (unpaired) electrons. The first kappa shape index (κ1) is 20.5. The highest BCUT2D eigenvalue weighted by Crippen LogP contribution is 2.32. The van der Waals surface area contributed by atoms with E-state index in [4.69, 9.17) is 4.42 Å². The van der Waals surface area contributed by atoms with Crippen LogP contribution in [0.25, 0.3) is 17.0 Å². The molecule has 1 aliphatic heterocycles. The molecule has 0 atom stereocenters. The number of amides is 3. The molecule has 1 saturated heterocycles. The van der Waals surface area contributed by atoms with E-state index in [9.17, 15) is 28.0 Å². The first-order valence-corrected chi connectivity index (χ1v) is 9.66. The summed E-state index contributed by atoms with van der Waals surface area (Å²) in [6, 6.07) is 10.9. The molecule has 2 heterocycles. The lowest BCUT2D eigenvalue weighted by molar-refractivity contribution is -0.127. The molecule has 1 aromatic heterocycles. The third kappa shape index (κ3) is 4.24. The number of nitrogens with zero attached hydrogens (tertiary/aromatic N) is 1. The van der Waals surface area contributed by atoms with Gasteiger partial charge >= 0.3 is 5.63 Å². The second kappa shape index (κ2) is 8.15. The van der Waals surface area contributed by atoms with E-state index in [1.807, 2.05) is 0 Å². The number of imide groups is 1. The molecule has 1 fully saturated rings. The molecule has 0 aliphatic carbocycles. The molecular weight excluding hydrogens is 430 g/mol. The van der Waals surface area contributed by atoms with Crippen LogP contribution in [-0.2, 0) is 9.59 Å². The minimum absolute atomic E-state index is 0.0617. The van der Waals surface area contributed by atoms with Crippen molar-refractivity contribution >= 4 is 51.5 Å². The van der Waals surface area contributed by atoms with E-state index in [1.165, 1.54) is 12.1 Å². The molecule has 31 heavy (non-hydrogen) atoms. The van der Waals surface area contributed by atoms with Crippen LogP contribution in [0.15, 0.2) is 62.6 Å². The average molecular weight is 442 g/mol. The minimum atomic E-state index is -0.995. The van der Waals surface area contributed by atoms with Crippen molar-refractivity contribution in [3.8, 4) is 0 Å². The van der Waals surface area contributed by atoms with Gasteiger partial charge in [-0.15, -0.1) is 0 Å². The van der Waals surface area contributed by atoms with Crippen LogP contribution in [0.4, 0.5) is 19.3 Å². The molecule has 156 valence electrons. The number of carbonyl (C=O) groups is 3. The highest BCUT2D eigenvalue weighted by molar-refractivity contribution is 8.18. The molecule has 4 rings (SSSR count). The van der Waals surface area contributed by atoms with Gasteiger partial charge in [0.15, 0.2) is 0 Å². The molecule has 3 amide bonds. The number of fused-ring (bicyclic) bond motifs is 1. The van der Waals surface area contributed by atoms with E-state index in [1.54, 1.807) is 24.3 Å². The van der Waals surface area contributed by atoms with E-state index in [-0.39, 0.29) is 16.2 Å². The van der Waals surface area contributed by atoms with Crippen molar-refractivity contribution in [3.05, 3.63) is 81.1 Å². The Kier molecular flexibility index (Phi) is 5.38. The minimum Gasteiger partial charge on any atom is -0.422 e. The van der Waals surface area contributed by atoms with Gasteiger partial charge in [-0.25, -0.2) is 13.6 Å². The van der Waals surface area contributed by atoms with E-state index in [0.29, 0.717) is 33.7 Å². The van der Waals surface area contributed by atoms with Gasteiger partial charge in [-0.3, -0.25) is 19.3 Å². The molecule has 0 saturated carbocycles. The Bertz CT molecular complexity index is 1330. The van der Waals surface area contributed by atoms with Gasteiger partial charge in [0, 0.05) is 11.5 Å². The highest BCUT2D eigenvalue weighted by Gasteiger charge is 2.36. The zero-order chi connectivity index (χ0) is 22.1. The van der Waals surface area contributed by atoms with Gasteiger partial charge in [0.1, 0.15) is 23.8 Å². The number of anilines is 1. The average Bonchev–Trinajstić information content (AvgIpc) is 2.98. The number of hydrogen-bond donors (Lipinski definition) is 1. The largest absolute Gasteiger partial charge is 0.422 e. The smallest absolute Gasteiger partial charge is 0.343 e. The van der Waals surface area contributed by atoms with Crippen LogP contribution in [-0.4, -0.2) is 28.5 Å². The summed E-state index contributed by atoms with van der Waals surface area (Å²) in [7, 11) is 0. The van der Waals surface area contributed by atoms with Crippen molar-refractivity contribution < 1.29 is 27.6 Å². The number of rotatable bonds is 4. The van der Waals surface area contributed by atoms with Gasteiger partial charge in [-0.1, -0.05) is 18.2 Å². The van der Waals surface area contributed by atoms with Crippen molar-refractivity contribution in [2.45, 2.75) is 0 Å². The maximum atomic E-state index is 13.7. The van der Waals surface area contributed by atoms with E-state index in [2.05, 4.69) is 5.32 Å². The summed E-state index contributed by atoms with van der Waals surface area (Å²) < 4.78 is 31.8. The SMILES string of the molecule is O=C(CN1C(=O)S/C(=C/c2cc3ccccc3oc2=O)C1=O)Nc1ccc(F)cc1F. The number of benzene rings is 2. The van der Waals surface area contributed by atoms with E-state index >= 15 is 0 Å². The summed E-state index contributed by atoms with van der Waals surface area (Å²) in [5.74, 6) is -3.44. The van der Waals surface area contributed by atoms with E-state index < -0.39 is 40.9 Å². The van der Waals surface area contributed by atoms with Gasteiger partial charge in [0.2, 0.25) is 5.91 Å². The predicted octanol–water partition coefficient (Wildman–Crippen LogP) is 3.75. The van der Waals surface area contributed by atoms with Crippen LogP contribution in [0.2, 0.25) is 0 Å². The van der Waals surface area contributed by atoms with Crippen LogP contribution in [0.3, 0.4) is 0 Å². The zero-order valence-electron chi connectivity index (χ0n) is 15.6. The van der Waals surface area contributed by atoms with Crippen molar-refractivity contribution in [2.24, 2.45) is 0 Å². The third-order valence-corrected chi connectivity index (χ3v) is 5.24. The van der Waals surface area contributed by atoms with Crippen LogP contribution < -0.4 is 10.9 Å². The lowest BCUT2D eigenvalue weighted by Gasteiger charge is -2.12. The summed E-state index contributed by atoms with van der Waals surface area (Å²) in [5, 5.41) is 2.09. The van der Waals surface area contributed by atoms with Gasteiger partial charge < -0.3 is 9.73 Å². The van der Waals surface area contributed by atoms with Crippen molar-refractivity contribution in [1.82, 2.24) is 4.90 Å². The number of carbonyl (C=O) groups excluding carboxylic acids is 3. The summed E-state index contributed by atoms with van der Waals surface area (Å²) in [5.41, 5.74) is -0.526. The van der Waals surface area contributed by atoms with E-state index in [0.717, 1.165) is 12.1 Å². The van der Waals surface area contributed by atoms with Gasteiger partial charge in [-0.05, 0) is 42.1 Å². The van der Waals surface area contributed by atoms with Crippen molar-refractivity contribution in [2.75, 3.05) is 11.9 Å². The first-order chi connectivity index (χ1) is 14.8. The molecule has 3 aromatic rings. The number of para-hydroxylation sites is 1. The molecule has 1 N–H and O–H groups in total. The van der Waals surface area contributed by atoms with Crippen LogP contribution in [0.1, 0.15) is 5.56 Å². The predicted molar refractivity (Wildman–Crippen MR) is 110 cm³/mol. The quantitative estimate of drug-likeness (QED) is 0.488. The number of thioether (sulfide) groups is 1. The Morgan fingerprint density at radius 3 is 2.65 bits per heavy atom. The molecular formula is C21H12F2N2O5S. The maximum absolute atomic E-state index is 13.7. The Balaban J connectivity index is 1.53. The summed E-state index contributed by atoms with van der Waals surface area (Å²) in [4.78, 5) is 49.7. The normalized spacial score (nSPS) is 15.2. The zero-order valence-corrected chi connectivity index (χ0v) is 16.4. The third-order valence-electron chi connectivity index (χ3n) is 4.34. The Morgan fingerprint density at radius 1 is 1.10 bits per heavy atom. The number of hydrogen-bond acceptors (Lipinski definition) is 6. The summed E-state index contributed by atoms with van der Waals surface area (Å²) >= 11 is 0.558. The van der Waals surface area contributed by atoms with Crippen LogP contribution in [0.5, 0.6) is 0 Å². The topological polar surface area (TPSA) is 96.7 Å². The molecule has 0 unspecified atom stereocenters. The molecule has 10 heteroatoms. The van der Waals surface area contributed by atoms with Crippen molar-refractivity contribution in [3.63, 3.8) is 0 Å². The Labute approximate surface area is 177 Å². The fourth-order valence-electron chi connectivity index (χ4n) is 2.88. The maximum Gasteiger partial charge on any atom is 0.343 e. The van der Waals surface area contributed by atoms with Gasteiger partial charge in [0.25, 0.3) is 11.1 Å². The standard InChI is InChI=1S/C21H12F2N2O5S/c22-13-5-6-15(14(23)9-13)24-18(26)10-25-19(27)17(31-21(25)29)8-12-7-11-3-1-2-4-16(11)30-20(12)28/h1-9H,10H2,(H,24,26)/b17-8+. The van der Waals surface area contributed by atoms with Crippen molar-refractivity contribution in [1.29, 1.82) is 0 Å². The monoisotopic (exact) mass is 442 g/mol. The number of nitrogens with one attached hydrogen (secondary N) is 1. The fourth-order valence-corrected chi connectivity index (χ4v) is 3.71. The first-order valence-electron chi connectivity index (χ1n) is 8.85. The summed E-state index contributed by atoms with van der Waals surface area (Å²) in [6.45, 7) is -0.675. The fraction of sp³-hybridized carbons (Fsp3) is 0.0476. The summed E-state index contributed by atoms with van der Waals surface area (Å²) in [6.07, 6.45) is 1.22. The van der Waals surface area contributed by atoms with Gasteiger partial charge in [-0.2, -0.15) is 0 Å². The Morgan fingerprint density at radius 2 is 1.87 bits per heavy atom. The molecule has 1 aliphatic rings. The second-order valence-electron chi connectivity index (χ2n) is 6.47. The Hall–Kier alpha value is -3.79. The molecule has 0 spiro atoms. The molecule has 0 bridgehead atoms. The van der Waals surface area contributed by atoms with Gasteiger partial charge in [0.05, 0.1) is 16.2 Å². The lowest BCUT2D eigenvalue weighted by atomic mass is 10.2. The molecule has 2 aromatic carbocycles. The second-order valence-corrected chi connectivity index (χ2v) is 7.46.